The summed E-state index contributed by atoms with van der Waals surface area (Å²) in [6.07, 6.45) is 0. The smallest absolute Gasteiger partial charge is 0.265 e. The molecule has 0 saturated heterocycles. The molecule has 5 aromatic carbocycles. The fraction of sp³-hybridized carbons (Fsp3) is 0. The largest absolute Gasteiger partial charge is 0.456 e. The summed E-state index contributed by atoms with van der Waals surface area (Å²) in [5.74, 6) is 0.603. The van der Waals surface area contributed by atoms with Crippen molar-refractivity contribution in [2.45, 2.75) is 0 Å². The van der Waals surface area contributed by atoms with Crippen LogP contribution in [0.5, 0.6) is 0 Å². The van der Waals surface area contributed by atoms with Gasteiger partial charge in [-0.05, 0) is 47.3 Å². The first kappa shape index (κ1) is 20.6. The molecule has 0 spiro atoms. The van der Waals surface area contributed by atoms with E-state index < -0.39 is 0 Å². The molecule has 0 aliphatic heterocycles. The van der Waals surface area contributed by atoms with E-state index in [-0.39, 0.29) is 5.56 Å². The Bertz CT molecular complexity index is 2530. The minimum absolute atomic E-state index is 0.0837. The molecule has 0 radical (unpaired) electrons. The van der Waals surface area contributed by atoms with E-state index in [1.165, 1.54) is 0 Å². The van der Waals surface area contributed by atoms with Crippen molar-refractivity contribution < 1.29 is 4.42 Å². The molecule has 0 aliphatic carbocycles. The summed E-state index contributed by atoms with van der Waals surface area (Å²) < 4.78 is 10.2. The van der Waals surface area contributed by atoms with Crippen LogP contribution in [-0.2, 0) is 0 Å². The Labute approximate surface area is 220 Å². The third-order valence-corrected chi connectivity index (χ3v) is 7.91. The van der Waals surface area contributed by atoms with E-state index in [0.717, 1.165) is 65.9 Å². The van der Waals surface area contributed by atoms with Crippen LogP contribution in [0.1, 0.15) is 0 Å². The number of imidazole rings is 1. The van der Waals surface area contributed by atoms with Crippen molar-refractivity contribution in [3.05, 3.63) is 126 Å². The lowest BCUT2D eigenvalue weighted by atomic mass is 9.93. The monoisotopic (exact) mass is 501 g/mol. The molecule has 0 atom stereocenters. The maximum atomic E-state index is 14.3. The number of nitrogens with zero attached hydrogens (tertiary/aromatic N) is 3. The number of fused-ring (bicyclic) bond motifs is 12. The predicted molar refractivity (Wildman–Crippen MR) is 158 cm³/mol. The maximum absolute atomic E-state index is 14.3. The predicted octanol–water partition coefficient (Wildman–Crippen LogP) is 7.97. The average molecular weight is 502 g/mol. The highest BCUT2D eigenvalue weighted by atomic mass is 16.3. The molecular weight excluding hydrogens is 482 g/mol. The molecular formula is C34H19N3O2. The van der Waals surface area contributed by atoms with E-state index in [1.807, 2.05) is 84.9 Å². The summed E-state index contributed by atoms with van der Waals surface area (Å²) in [4.78, 5) is 19.3. The number of aromatic nitrogens is 3. The molecule has 5 nitrogen and oxygen atoms in total. The van der Waals surface area contributed by atoms with Gasteiger partial charge in [-0.1, -0.05) is 78.9 Å². The van der Waals surface area contributed by atoms with Crippen LogP contribution >= 0.6 is 0 Å². The van der Waals surface area contributed by atoms with Crippen molar-refractivity contribution in [2.24, 2.45) is 0 Å². The normalized spacial score (nSPS) is 12.2. The van der Waals surface area contributed by atoms with Crippen molar-refractivity contribution in [1.82, 2.24) is 13.8 Å². The molecule has 4 heterocycles. The number of rotatable bonds is 1. The van der Waals surface area contributed by atoms with Gasteiger partial charge in [0.05, 0.1) is 22.1 Å². The lowest BCUT2D eigenvalue weighted by Crippen LogP contribution is -2.18. The van der Waals surface area contributed by atoms with Gasteiger partial charge in [-0.25, -0.2) is 9.38 Å². The number of hydrogen-bond donors (Lipinski definition) is 0. The van der Waals surface area contributed by atoms with Gasteiger partial charge in [0.2, 0.25) is 5.78 Å². The highest BCUT2D eigenvalue weighted by molar-refractivity contribution is 6.21. The second kappa shape index (κ2) is 7.33. The van der Waals surface area contributed by atoms with Crippen LogP contribution in [0.3, 0.4) is 0 Å². The van der Waals surface area contributed by atoms with Gasteiger partial charge in [-0.2, -0.15) is 0 Å². The maximum Gasteiger partial charge on any atom is 0.265 e. The summed E-state index contributed by atoms with van der Waals surface area (Å²) in [6, 6.07) is 38.5. The molecule has 9 rings (SSSR count). The molecule has 0 unspecified atom stereocenters. The number of hydrogen-bond acceptors (Lipinski definition) is 3. The Morgan fingerprint density at radius 2 is 1.23 bits per heavy atom. The van der Waals surface area contributed by atoms with Crippen LogP contribution in [0.15, 0.2) is 124 Å². The van der Waals surface area contributed by atoms with E-state index in [4.69, 9.17) is 9.40 Å². The molecule has 182 valence electrons. The van der Waals surface area contributed by atoms with Crippen LogP contribution in [-0.4, -0.2) is 13.8 Å². The van der Waals surface area contributed by atoms with Gasteiger partial charge in [-0.3, -0.25) is 9.20 Å². The van der Waals surface area contributed by atoms with E-state index in [2.05, 4.69) is 34.7 Å². The van der Waals surface area contributed by atoms with Crippen LogP contribution in [0.25, 0.3) is 77.1 Å². The zero-order chi connectivity index (χ0) is 25.7. The molecule has 0 saturated carbocycles. The van der Waals surface area contributed by atoms with Crippen molar-refractivity contribution in [3.63, 3.8) is 0 Å². The lowest BCUT2D eigenvalue weighted by molar-refractivity contribution is 0.669. The van der Waals surface area contributed by atoms with Crippen LogP contribution in [0.4, 0.5) is 0 Å². The molecule has 0 amide bonds. The van der Waals surface area contributed by atoms with Crippen molar-refractivity contribution >= 4 is 65.9 Å². The van der Waals surface area contributed by atoms with Gasteiger partial charge in [-0.15, -0.1) is 0 Å². The fourth-order valence-corrected chi connectivity index (χ4v) is 6.32. The van der Waals surface area contributed by atoms with Crippen molar-refractivity contribution in [1.29, 1.82) is 0 Å². The molecule has 5 heteroatoms. The topological polar surface area (TPSA) is 51.9 Å². The first-order chi connectivity index (χ1) is 19.3. The van der Waals surface area contributed by atoms with Gasteiger partial charge in [0.15, 0.2) is 0 Å². The van der Waals surface area contributed by atoms with Gasteiger partial charge >= 0.3 is 0 Å². The SMILES string of the molecule is O=c1c2ccccc2c(-c2cccc3oc4ccccc4c23)c2c3ccccc3n3c4ccccc4nc3n12. The minimum Gasteiger partial charge on any atom is -0.456 e. The molecule has 9 aromatic rings. The Morgan fingerprint density at radius 3 is 2.10 bits per heavy atom. The number of para-hydroxylation sites is 4. The van der Waals surface area contributed by atoms with E-state index in [1.54, 1.807) is 4.40 Å². The van der Waals surface area contributed by atoms with Crippen LogP contribution in [0.2, 0.25) is 0 Å². The number of benzene rings is 5. The summed E-state index contributed by atoms with van der Waals surface area (Å²) in [7, 11) is 0. The highest BCUT2D eigenvalue weighted by Gasteiger charge is 2.23. The standard InChI is InChI=1S/C34H19N3O2/c38-33-21-11-2-1-10-20(21)31(24-14-9-19-29-30(24)23-13-4-8-18-28(23)39-29)32-22-12-3-6-16-26(22)36-27-17-7-5-15-25(27)35-34(36)37(32)33/h1-19H. The average Bonchev–Trinajstić information content (AvgIpc) is 3.56. The quantitative estimate of drug-likeness (QED) is 0.169. The van der Waals surface area contributed by atoms with Crippen LogP contribution < -0.4 is 5.56 Å². The Morgan fingerprint density at radius 1 is 0.564 bits per heavy atom. The molecule has 0 fully saturated rings. The third-order valence-electron chi connectivity index (χ3n) is 7.91. The Hall–Kier alpha value is -5.42. The Balaban J connectivity index is 1.65. The molecule has 0 aliphatic rings. The first-order valence-electron chi connectivity index (χ1n) is 13.0. The highest BCUT2D eigenvalue weighted by Crippen LogP contribution is 2.42. The van der Waals surface area contributed by atoms with Crippen molar-refractivity contribution in [2.75, 3.05) is 0 Å². The zero-order valence-electron chi connectivity index (χ0n) is 20.6. The molecule has 0 bridgehead atoms. The summed E-state index contributed by atoms with van der Waals surface area (Å²) in [5, 5.41) is 4.63. The van der Waals surface area contributed by atoms with Gasteiger partial charge < -0.3 is 4.42 Å². The van der Waals surface area contributed by atoms with Gasteiger partial charge in [0, 0.05) is 27.1 Å². The second-order valence-corrected chi connectivity index (χ2v) is 9.94. The molecule has 39 heavy (non-hydrogen) atoms. The van der Waals surface area contributed by atoms with E-state index in [0.29, 0.717) is 11.2 Å². The Kier molecular flexibility index (Phi) is 3.87. The van der Waals surface area contributed by atoms with Crippen molar-refractivity contribution in [3.8, 4) is 11.1 Å². The van der Waals surface area contributed by atoms with E-state index in [9.17, 15) is 4.79 Å². The summed E-state index contributed by atoms with van der Waals surface area (Å²) in [5.41, 5.74) is 7.25. The molecule has 4 aromatic heterocycles. The first-order valence-corrected chi connectivity index (χ1v) is 13.0. The van der Waals surface area contributed by atoms with Gasteiger partial charge in [0.1, 0.15) is 11.2 Å². The lowest BCUT2D eigenvalue weighted by Gasteiger charge is -2.17. The third kappa shape index (κ3) is 2.58. The van der Waals surface area contributed by atoms with E-state index >= 15 is 0 Å². The molecule has 0 N–H and O–H groups in total. The zero-order valence-corrected chi connectivity index (χ0v) is 20.6. The fourth-order valence-electron chi connectivity index (χ4n) is 6.32. The summed E-state index contributed by atoms with van der Waals surface area (Å²) >= 11 is 0. The number of furan rings is 1. The second-order valence-electron chi connectivity index (χ2n) is 9.94. The van der Waals surface area contributed by atoms with Crippen LogP contribution in [0, 0.1) is 0 Å². The number of pyridine rings is 1. The summed E-state index contributed by atoms with van der Waals surface area (Å²) in [6.45, 7) is 0. The minimum atomic E-state index is -0.0837. The van der Waals surface area contributed by atoms with Gasteiger partial charge in [0.25, 0.3) is 5.56 Å².